The highest BCUT2D eigenvalue weighted by molar-refractivity contribution is 7.91. The second kappa shape index (κ2) is 28.9. The highest BCUT2D eigenvalue weighted by atomic mass is 32.2. The van der Waals surface area contributed by atoms with Gasteiger partial charge in [-0.3, -0.25) is 9.59 Å². The number of sulfone groups is 2. The van der Waals surface area contributed by atoms with Crippen molar-refractivity contribution >= 4 is 55.0 Å². The van der Waals surface area contributed by atoms with E-state index in [1.807, 2.05) is 44.7 Å². The van der Waals surface area contributed by atoms with E-state index in [1.54, 1.807) is 24.3 Å². The van der Waals surface area contributed by atoms with Gasteiger partial charge in [0.15, 0.2) is 19.7 Å². The first kappa shape index (κ1) is 61.5. The lowest BCUT2D eigenvalue weighted by Crippen LogP contribution is -2.48. The Morgan fingerprint density at radius 3 is 1.41 bits per heavy atom. The molecule has 2 fully saturated rings. The van der Waals surface area contributed by atoms with Gasteiger partial charge in [0.2, 0.25) is 6.08 Å². The number of urea groups is 1. The van der Waals surface area contributed by atoms with E-state index in [1.165, 1.54) is 78.4 Å². The zero-order valence-electron chi connectivity index (χ0n) is 47.1. The third-order valence-electron chi connectivity index (χ3n) is 15.3. The number of fused-ring (bicyclic) bond motifs is 2. The van der Waals surface area contributed by atoms with Gasteiger partial charge in [-0.1, -0.05) is 26.0 Å². The largest absolute Gasteiger partial charge is 0.336 e. The number of hydrogen-bond donors (Lipinski definition) is 4. The molecule has 2 heterocycles. The molecule has 4 amide bonds. The van der Waals surface area contributed by atoms with Gasteiger partial charge in [-0.05, 0) is 225 Å². The van der Waals surface area contributed by atoms with E-state index >= 15 is 0 Å². The van der Waals surface area contributed by atoms with Crippen molar-refractivity contribution in [1.29, 1.82) is 0 Å². The van der Waals surface area contributed by atoms with E-state index in [2.05, 4.69) is 74.2 Å². The van der Waals surface area contributed by atoms with Gasteiger partial charge in [-0.2, -0.15) is 0 Å². The summed E-state index contributed by atoms with van der Waals surface area (Å²) in [6.07, 6.45) is 14.7. The Balaban J connectivity index is 0.000000231. The van der Waals surface area contributed by atoms with Gasteiger partial charge in [-0.25, -0.2) is 31.4 Å². The van der Waals surface area contributed by atoms with Crippen LogP contribution in [0.4, 0.5) is 16.2 Å². The lowest BCUT2D eigenvalue weighted by Gasteiger charge is -2.39. The molecule has 0 saturated carbocycles. The molecule has 18 heteroatoms. The molecular weight excluding hydrogens is 1020 g/mol. The molecule has 0 spiro atoms. The van der Waals surface area contributed by atoms with Gasteiger partial charge in [0.05, 0.1) is 15.8 Å². The zero-order valence-corrected chi connectivity index (χ0v) is 48.8. The number of likely N-dealkylation sites (N-methyl/N-ethyl adjacent to an activating group) is 2. The molecule has 4 N–H and O–H groups in total. The molecule has 2 saturated heterocycles. The van der Waals surface area contributed by atoms with Crippen LogP contribution < -0.4 is 21.3 Å². The minimum Gasteiger partial charge on any atom is -0.336 e. The monoisotopic (exact) mass is 1110 g/mol. The predicted molar refractivity (Wildman–Crippen MR) is 311 cm³/mol. The fourth-order valence-corrected chi connectivity index (χ4v) is 12.2. The number of nitrogens with zero attached hydrogens (tertiary/aromatic N) is 4. The van der Waals surface area contributed by atoms with E-state index in [0.717, 1.165) is 121 Å². The van der Waals surface area contributed by atoms with E-state index in [9.17, 15) is 36.0 Å². The topological polar surface area (TPSA) is 207 Å². The summed E-state index contributed by atoms with van der Waals surface area (Å²) in [5, 5.41) is 12.4. The van der Waals surface area contributed by atoms with Crippen LogP contribution in [0.3, 0.4) is 0 Å². The molecule has 78 heavy (non-hydrogen) atoms. The molecule has 16 nitrogen and oxygen atoms in total. The standard InChI is InChI=1S/C30H42N4O4S.C26H35N3O3S.C4H7NO/c1-5-33(20-22-14-16-34(17-15-22)30(36)31-21(2)3)27-11-7-23-6-10-26(18-25(23)19-27)32-29(35)24-8-12-28(13-9-24)39(4,37)38;1-3-29(18-19-12-14-27-15-13-19)24-9-5-20-4-8-23(16-22(20)17-24)28-26(30)21-6-10-25(11-7-21)33(2,31)32;1-4(2)5-3-6/h6,8-10,12-13,18,21-22,27H,5,7,11,14-17,19-20H2,1-4H3,(H,31,36)(H,32,35);4,6-8,10-11,16,19,24,27H,3,5,9,12-15,17-18H2,1-2H3,(H,28,30);4H,1-2H3. The Labute approximate surface area is 464 Å². The Hall–Kier alpha value is -5.75. The summed E-state index contributed by atoms with van der Waals surface area (Å²) >= 11 is 0. The van der Waals surface area contributed by atoms with Crippen LogP contribution in [0.25, 0.3) is 0 Å². The van der Waals surface area contributed by atoms with Crippen LogP contribution in [0, 0.1) is 11.8 Å². The SMILES string of the molecule is CC(C)N=C=O.CCN(CC1CCN(C(=O)NC(C)C)CC1)C1CCc2ccc(NC(=O)c3ccc(S(C)(=O)=O)cc3)cc2C1.CCN(CC1CCNCC1)C1CCc2ccc(NC(=O)c3ccc(S(C)(=O)=O)cc3)cc2C1. The number of aryl methyl sites for hydroxylation is 2. The van der Waals surface area contributed by atoms with E-state index in [0.29, 0.717) is 29.1 Å². The quantitative estimate of drug-likeness (QED) is 0.0617. The number of amides is 4. The summed E-state index contributed by atoms with van der Waals surface area (Å²) in [6.45, 7) is 20.3. The molecule has 2 aliphatic carbocycles. The Morgan fingerprint density at radius 1 is 0.628 bits per heavy atom. The number of aliphatic imine (C=N–C) groups is 1. The van der Waals surface area contributed by atoms with Crippen LogP contribution >= 0.6 is 0 Å². The minimum absolute atomic E-state index is 0.0495. The van der Waals surface area contributed by atoms with Crippen molar-refractivity contribution < 1.29 is 36.0 Å². The highest BCUT2D eigenvalue weighted by Gasteiger charge is 2.30. The molecule has 4 aliphatic rings. The summed E-state index contributed by atoms with van der Waals surface area (Å²) in [7, 11) is -6.58. The van der Waals surface area contributed by atoms with Gasteiger partial charge >= 0.3 is 6.03 Å². The average molecular weight is 1110 g/mol. The lowest BCUT2D eigenvalue weighted by molar-refractivity contribution is 0.101. The van der Waals surface area contributed by atoms with Crippen LogP contribution in [0.1, 0.15) is 123 Å². The highest BCUT2D eigenvalue weighted by Crippen LogP contribution is 2.31. The van der Waals surface area contributed by atoms with Gasteiger partial charge in [-0.15, -0.1) is 0 Å². The zero-order chi connectivity index (χ0) is 56.6. The second-order valence-electron chi connectivity index (χ2n) is 22.0. The Kier molecular flexibility index (Phi) is 22.8. The summed E-state index contributed by atoms with van der Waals surface area (Å²) in [5.74, 6) is 0.885. The number of isocyanates is 1. The normalized spacial score (nSPS) is 17.9. The molecule has 4 aromatic rings. The summed E-state index contributed by atoms with van der Waals surface area (Å²) in [6, 6.07) is 25.7. The summed E-state index contributed by atoms with van der Waals surface area (Å²) in [4.78, 5) is 58.1. The number of benzene rings is 4. The number of anilines is 2. The van der Waals surface area contributed by atoms with Crippen molar-refractivity contribution in [2.75, 3.05) is 75.5 Å². The fraction of sp³-hybridized carbons (Fsp3) is 0.533. The lowest BCUT2D eigenvalue weighted by atomic mass is 9.86. The maximum absolute atomic E-state index is 12.8. The van der Waals surface area contributed by atoms with Gasteiger partial charge in [0.1, 0.15) is 0 Å². The van der Waals surface area contributed by atoms with Crippen molar-refractivity contribution in [3.05, 3.63) is 118 Å². The van der Waals surface area contributed by atoms with E-state index in [4.69, 9.17) is 0 Å². The second-order valence-corrected chi connectivity index (χ2v) is 26.0. The summed E-state index contributed by atoms with van der Waals surface area (Å²) < 4.78 is 46.7. The maximum atomic E-state index is 12.8. The smallest absolute Gasteiger partial charge is 0.317 e. The van der Waals surface area contributed by atoms with Crippen LogP contribution in [-0.2, 0) is 50.2 Å². The Morgan fingerprint density at radius 2 is 1.05 bits per heavy atom. The molecule has 2 aliphatic heterocycles. The third kappa shape index (κ3) is 18.4. The van der Waals surface area contributed by atoms with Crippen molar-refractivity contribution in [3.63, 3.8) is 0 Å². The number of carbonyl (C=O) groups is 3. The summed E-state index contributed by atoms with van der Waals surface area (Å²) in [5.41, 5.74) is 7.70. The van der Waals surface area contributed by atoms with Crippen LogP contribution in [0.15, 0.2) is 99.7 Å². The van der Waals surface area contributed by atoms with Crippen LogP contribution in [-0.4, -0.2) is 144 Å². The molecule has 0 bridgehead atoms. The van der Waals surface area contributed by atoms with Crippen molar-refractivity contribution in [3.8, 4) is 0 Å². The molecule has 2 atom stereocenters. The van der Waals surface area contributed by atoms with Crippen molar-refractivity contribution in [2.24, 2.45) is 16.8 Å². The molecule has 0 radical (unpaired) electrons. The molecule has 0 aromatic heterocycles. The molecule has 424 valence electrons. The fourth-order valence-electron chi connectivity index (χ4n) is 10.9. The van der Waals surface area contributed by atoms with Crippen LogP contribution in [0.5, 0.6) is 0 Å². The van der Waals surface area contributed by atoms with Gasteiger partial charge < -0.3 is 36.0 Å². The molecule has 4 aromatic carbocycles. The number of likely N-dealkylation sites (tertiary alicyclic amines) is 1. The first-order chi connectivity index (χ1) is 37.1. The maximum Gasteiger partial charge on any atom is 0.317 e. The number of hydrogen-bond acceptors (Lipinski definition) is 12. The number of piperidine rings is 2. The number of carbonyl (C=O) groups excluding carboxylic acids is 4. The van der Waals surface area contributed by atoms with Crippen LogP contribution in [0.2, 0.25) is 0 Å². The Bertz CT molecular complexity index is 2910. The first-order valence-electron chi connectivity index (χ1n) is 27.9. The molecule has 8 rings (SSSR count). The van der Waals surface area contributed by atoms with E-state index < -0.39 is 19.7 Å². The first-order valence-corrected chi connectivity index (χ1v) is 31.7. The minimum atomic E-state index is -3.30. The van der Waals surface area contributed by atoms with Gasteiger partial charge in [0, 0.05) is 79.3 Å². The number of rotatable bonds is 16. The molecule has 2 unspecified atom stereocenters. The average Bonchev–Trinajstić information content (AvgIpc) is 3.43. The number of nitrogens with one attached hydrogen (secondary N) is 4. The third-order valence-corrected chi connectivity index (χ3v) is 17.6. The van der Waals surface area contributed by atoms with Crippen molar-refractivity contribution in [1.82, 2.24) is 25.3 Å². The van der Waals surface area contributed by atoms with E-state index in [-0.39, 0.29) is 39.7 Å². The molecular formula is C60H84N8O8S2. The van der Waals surface area contributed by atoms with Crippen molar-refractivity contribution in [2.45, 2.75) is 140 Å². The predicted octanol–water partition coefficient (Wildman–Crippen LogP) is 8.60. The van der Waals surface area contributed by atoms with Gasteiger partial charge in [0.25, 0.3) is 11.8 Å².